The minimum atomic E-state index is -0.993. The molecule has 0 atom stereocenters. The number of carboxylic acids is 1. The second-order valence-corrected chi connectivity index (χ2v) is 4.35. The topological polar surface area (TPSA) is 66.3 Å². The molecule has 0 unspecified atom stereocenters. The number of anilines is 1. The maximum atomic E-state index is 10.7. The molecule has 0 aliphatic heterocycles. The Morgan fingerprint density at radius 1 is 1.53 bits per heavy atom. The molecule has 0 saturated carbocycles. The van der Waals surface area contributed by atoms with Gasteiger partial charge < -0.3 is 10.0 Å². The molecule has 0 aromatic carbocycles. The minimum Gasteiger partial charge on any atom is -0.476 e. The molecule has 2 aromatic heterocycles. The number of aromatic nitrogens is 2. The predicted molar refractivity (Wildman–Crippen MR) is 65.4 cm³/mol. The fourth-order valence-electron chi connectivity index (χ4n) is 1.35. The highest BCUT2D eigenvalue weighted by molar-refractivity contribution is 7.11. The van der Waals surface area contributed by atoms with E-state index in [0.717, 1.165) is 17.0 Å². The zero-order valence-electron chi connectivity index (χ0n) is 9.20. The Morgan fingerprint density at radius 2 is 2.35 bits per heavy atom. The fourth-order valence-corrected chi connectivity index (χ4v) is 2.05. The SMILES string of the molecule is CN(Cc1ccccn1)c1csc(C(=O)O)n1. The van der Waals surface area contributed by atoms with Gasteiger partial charge in [0.05, 0.1) is 12.2 Å². The van der Waals surface area contributed by atoms with Crippen LogP contribution in [0.1, 0.15) is 15.5 Å². The molecule has 0 bridgehead atoms. The highest BCUT2D eigenvalue weighted by Crippen LogP contribution is 2.18. The number of hydrogen-bond acceptors (Lipinski definition) is 5. The van der Waals surface area contributed by atoms with E-state index >= 15 is 0 Å². The van der Waals surface area contributed by atoms with Crippen LogP contribution in [0.25, 0.3) is 0 Å². The lowest BCUT2D eigenvalue weighted by Crippen LogP contribution is -2.17. The average molecular weight is 249 g/mol. The highest BCUT2D eigenvalue weighted by atomic mass is 32.1. The molecule has 17 heavy (non-hydrogen) atoms. The molecule has 5 nitrogen and oxygen atoms in total. The van der Waals surface area contributed by atoms with Gasteiger partial charge in [-0.1, -0.05) is 6.07 Å². The van der Waals surface area contributed by atoms with Crippen molar-refractivity contribution in [2.24, 2.45) is 0 Å². The number of nitrogens with zero attached hydrogens (tertiary/aromatic N) is 3. The summed E-state index contributed by atoms with van der Waals surface area (Å²) in [5.41, 5.74) is 0.917. The van der Waals surface area contributed by atoms with Crippen LogP contribution in [0.2, 0.25) is 0 Å². The van der Waals surface area contributed by atoms with Crippen molar-refractivity contribution >= 4 is 23.1 Å². The molecule has 1 N–H and O–H groups in total. The van der Waals surface area contributed by atoms with Crippen LogP contribution in [-0.4, -0.2) is 28.1 Å². The van der Waals surface area contributed by atoms with Gasteiger partial charge in [-0.2, -0.15) is 0 Å². The molecule has 88 valence electrons. The number of rotatable bonds is 4. The van der Waals surface area contributed by atoms with E-state index in [9.17, 15) is 4.79 Å². The molecule has 2 aromatic rings. The van der Waals surface area contributed by atoms with Gasteiger partial charge in [-0.05, 0) is 12.1 Å². The van der Waals surface area contributed by atoms with Gasteiger partial charge in [0.25, 0.3) is 0 Å². The first kappa shape index (κ1) is 11.5. The summed E-state index contributed by atoms with van der Waals surface area (Å²) in [6.45, 7) is 0.601. The van der Waals surface area contributed by atoms with Crippen molar-refractivity contribution < 1.29 is 9.90 Å². The van der Waals surface area contributed by atoms with Gasteiger partial charge in [0.1, 0.15) is 5.82 Å². The number of carboxylic acid groups (broad SMARTS) is 1. The third-order valence-corrected chi connectivity index (χ3v) is 3.01. The van der Waals surface area contributed by atoms with E-state index in [1.54, 1.807) is 11.6 Å². The third-order valence-electron chi connectivity index (χ3n) is 2.19. The van der Waals surface area contributed by atoms with E-state index in [1.807, 2.05) is 30.1 Å². The maximum Gasteiger partial charge on any atom is 0.365 e. The fraction of sp³-hybridized carbons (Fsp3) is 0.182. The van der Waals surface area contributed by atoms with Gasteiger partial charge in [-0.25, -0.2) is 9.78 Å². The van der Waals surface area contributed by atoms with E-state index < -0.39 is 5.97 Å². The van der Waals surface area contributed by atoms with Crippen LogP contribution in [-0.2, 0) is 6.54 Å². The van der Waals surface area contributed by atoms with Crippen molar-refractivity contribution in [3.8, 4) is 0 Å². The molecule has 2 heterocycles. The van der Waals surface area contributed by atoms with Crippen LogP contribution in [0, 0.1) is 0 Å². The smallest absolute Gasteiger partial charge is 0.365 e. The molecule has 0 saturated heterocycles. The van der Waals surface area contributed by atoms with Crippen molar-refractivity contribution in [3.05, 3.63) is 40.5 Å². The first-order valence-corrected chi connectivity index (χ1v) is 5.84. The molecular formula is C11H11N3O2S. The minimum absolute atomic E-state index is 0.105. The number of carbonyl (C=O) groups is 1. The van der Waals surface area contributed by atoms with Crippen molar-refractivity contribution in [1.82, 2.24) is 9.97 Å². The Hall–Kier alpha value is -1.95. The van der Waals surface area contributed by atoms with Crippen LogP contribution < -0.4 is 4.90 Å². The van der Waals surface area contributed by atoms with E-state index in [0.29, 0.717) is 12.4 Å². The molecule has 0 spiro atoms. The Bertz CT molecular complexity index is 512. The predicted octanol–water partition coefficient (Wildman–Crippen LogP) is 1.87. The van der Waals surface area contributed by atoms with Crippen molar-refractivity contribution in [1.29, 1.82) is 0 Å². The molecule has 0 aliphatic rings. The average Bonchev–Trinajstić information content (AvgIpc) is 2.79. The maximum absolute atomic E-state index is 10.7. The van der Waals surface area contributed by atoms with E-state index in [4.69, 9.17) is 5.11 Å². The zero-order chi connectivity index (χ0) is 12.3. The molecule has 0 fully saturated rings. The lowest BCUT2D eigenvalue weighted by molar-refractivity contribution is 0.0696. The standard InChI is InChI=1S/C11H11N3O2S/c1-14(6-8-4-2-3-5-12-8)9-7-17-10(13-9)11(15)16/h2-5,7H,6H2,1H3,(H,15,16). The molecule has 6 heteroatoms. The van der Waals surface area contributed by atoms with Crippen molar-refractivity contribution in [3.63, 3.8) is 0 Å². The number of aromatic carboxylic acids is 1. The van der Waals surface area contributed by atoms with Crippen molar-refractivity contribution in [2.75, 3.05) is 11.9 Å². The third kappa shape index (κ3) is 2.79. The summed E-state index contributed by atoms with van der Waals surface area (Å²) in [6.07, 6.45) is 1.73. The Morgan fingerprint density at radius 3 is 2.94 bits per heavy atom. The monoisotopic (exact) mass is 249 g/mol. The van der Waals surface area contributed by atoms with Crippen LogP contribution >= 0.6 is 11.3 Å². The van der Waals surface area contributed by atoms with Gasteiger partial charge in [-0.15, -0.1) is 11.3 Å². The van der Waals surface area contributed by atoms with Gasteiger partial charge in [0.2, 0.25) is 5.01 Å². The van der Waals surface area contributed by atoms with Crippen molar-refractivity contribution in [2.45, 2.75) is 6.54 Å². The first-order chi connectivity index (χ1) is 8.16. The second kappa shape index (κ2) is 4.92. The molecule has 0 radical (unpaired) electrons. The number of pyridine rings is 1. The summed E-state index contributed by atoms with van der Waals surface area (Å²) in [7, 11) is 1.86. The molecular weight excluding hydrogens is 238 g/mol. The summed E-state index contributed by atoms with van der Waals surface area (Å²) in [6, 6.07) is 5.69. The van der Waals surface area contributed by atoms with E-state index in [-0.39, 0.29) is 5.01 Å². The summed E-state index contributed by atoms with van der Waals surface area (Å²) < 4.78 is 0. The summed E-state index contributed by atoms with van der Waals surface area (Å²) in [4.78, 5) is 20.8. The van der Waals surface area contributed by atoms with E-state index in [1.165, 1.54) is 0 Å². The molecule has 0 amide bonds. The molecule has 2 rings (SSSR count). The largest absolute Gasteiger partial charge is 0.476 e. The Balaban J connectivity index is 2.09. The van der Waals surface area contributed by atoms with Gasteiger partial charge in [0.15, 0.2) is 0 Å². The van der Waals surface area contributed by atoms with Crippen LogP contribution in [0.5, 0.6) is 0 Å². The van der Waals surface area contributed by atoms with Gasteiger partial charge in [-0.3, -0.25) is 4.98 Å². The van der Waals surface area contributed by atoms with Crippen LogP contribution in [0.3, 0.4) is 0 Å². The number of thiazole rings is 1. The molecule has 0 aliphatic carbocycles. The quantitative estimate of drug-likeness (QED) is 0.896. The van der Waals surface area contributed by atoms with Gasteiger partial charge in [0, 0.05) is 18.6 Å². The summed E-state index contributed by atoms with van der Waals surface area (Å²) >= 11 is 1.12. The normalized spacial score (nSPS) is 10.2. The Labute approximate surface area is 102 Å². The van der Waals surface area contributed by atoms with Gasteiger partial charge >= 0.3 is 5.97 Å². The van der Waals surface area contributed by atoms with E-state index in [2.05, 4.69) is 9.97 Å². The summed E-state index contributed by atoms with van der Waals surface area (Å²) in [5, 5.41) is 10.6. The lowest BCUT2D eigenvalue weighted by atomic mass is 10.3. The number of hydrogen-bond donors (Lipinski definition) is 1. The second-order valence-electron chi connectivity index (χ2n) is 3.49. The van der Waals surface area contributed by atoms with Crippen LogP contribution in [0.15, 0.2) is 29.8 Å². The first-order valence-electron chi connectivity index (χ1n) is 4.96. The lowest BCUT2D eigenvalue weighted by Gasteiger charge is -2.15. The summed E-state index contributed by atoms with van der Waals surface area (Å²) in [5.74, 6) is -0.342. The van der Waals surface area contributed by atoms with Crippen LogP contribution in [0.4, 0.5) is 5.82 Å². The highest BCUT2D eigenvalue weighted by Gasteiger charge is 2.12. The zero-order valence-corrected chi connectivity index (χ0v) is 10.0. The Kier molecular flexibility index (Phi) is 3.34.